The highest BCUT2D eigenvalue weighted by Crippen LogP contribution is 2.26. The molecule has 0 unspecified atom stereocenters. The average molecular weight is 345 g/mol. The lowest BCUT2D eigenvalue weighted by atomic mass is 10.0. The maximum absolute atomic E-state index is 12.1. The van der Waals surface area contributed by atoms with Crippen LogP contribution in [0.25, 0.3) is 0 Å². The number of hydrogen-bond acceptors (Lipinski definition) is 2. The lowest BCUT2D eigenvalue weighted by Gasteiger charge is -2.17. The van der Waals surface area contributed by atoms with Gasteiger partial charge in [-0.3, -0.25) is 9.59 Å². The van der Waals surface area contributed by atoms with Gasteiger partial charge >= 0.3 is 0 Å². The second-order valence-corrected chi connectivity index (χ2v) is 5.80. The zero-order valence-electron chi connectivity index (χ0n) is 11.2. The highest BCUT2D eigenvalue weighted by molar-refractivity contribution is 9.10. The molecule has 3 rings (SSSR count). The molecule has 0 bridgehead atoms. The average Bonchev–Trinajstić information content (AvgIpc) is 2.48. The molecule has 2 aromatic rings. The first-order valence-electron chi connectivity index (χ1n) is 6.61. The molecule has 2 amide bonds. The molecular weight excluding hydrogens is 332 g/mol. The Balaban J connectivity index is 1.77. The van der Waals surface area contributed by atoms with Crippen LogP contribution in [-0.2, 0) is 11.2 Å². The van der Waals surface area contributed by atoms with Gasteiger partial charge in [-0.25, -0.2) is 0 Å². The monoisotopic (exact) mass is 344 g/mol. The third-order valence-corrected chi connectivity index (χ3v) is 3.89. The largest absolute Gasteiger partial charge is 0.326 e. The van der Waals surface area contributed by atoms with Crippen molar-refractivity contribution in [3.8, 4) is 0 Å². The fourth-order valence-corrected chi connectivity index (χ4v) is 2.53. The summed E-state index contributed by atoms with van der Waals surface area (Å²) in [5.74, 6) is -0.114. The van der Waals surface area contributed by atoms with Crippen molar-refractivity contribution < 1.29 is 9.59 Å². The summed E-state index contributed by atoms with van der Waals surface area (Å²) in [4.78, 5) is 23.5. The maximum atomic E-state index is 12.1. The summed E-state index contributed by atoms with van der Waals surface area (Å²) in [6.07, 6.45) is 1.18. The molecule has 0 saturated heterocycles. The molecule has 0 fully saturated rings. The Morgan fingerprint density at radius 1 is 1.10 bits per heavy atom. The standard InChI is InChI=1S/C16H13BrN2O2/c17-12-4-1-10(2-5-12)16(21)18-13-6-7-14-11(9-13)3-8-15(20)19-14/h1-2,4-7,9H,3,8H2,(H,18,21)(H,19,20). The summed E-state index contributed by atoms with van der Waals surface area (Å²) < 4.78 is 0.934. The van der Waals surface area contributed by atoms with E-state index < -0.39 is 0 Å². The summed E-state index contributed by atoms with van der Waals surface area (Å²) in [5.41, 5.74) is 3.21. The molecule has 4 nitrogen and oxygen atoms in total. The first-order valence-corrected chi connectivity index (χ1v) is 7.41. The quantitative estimate of drug-likeness (QED) is 0.874. The summed E-state index contributed by atoms with van der Waals surface area (Å²) in [6, 6.07) is 12.7. The maximum Gasteiger partial charge on any atom is 0.255 e. The van der Waals surface area contributed by atoms with Gasteiger partial charge in [-0.1, -0.05) is 15.9 Å². The molecular formula is C16H13BrN2O2. The molecule has 1 aliphatic heterocycles. The van der Waals surface area contributed by atoms with Gasteiger partial charge in [0.15, 0.2) is 0 Å². The number of fused-ring (bicyclic) bond motifs is 1. The van der Waals surface area contributed by atoms with E-state index in [2.05, 4.69) is 26.6 Å². The number of benzene rings is 2. The van der Waals surface area contributed by atoms with E-state index in [4.69, 9.17) is 0 Å². The van der Waals surface area contributed by atoms with Gasteiger partial charge in [0.25, 0.3) is 5.91 Å². The van der Waals surface area contributed by atoms with E-state index in [9.17, 15) is 9.59 Å². The van der Waals surface area contributed by atoms with Crippen LogP contribution in [0.1, 0.15) is 22.3 Å². The molecule has 2 N–H and O–H groups in total. The molecule has 0 saturated carbocycles. The molecule has 0 radical (unpaired) electrons. The van der Waals surface area contributed by atoms with Crippen molar-refractivity contribution in [2.45, 2.75) is 12.8 Å². The predicted molar refractivity (Wildman–Crippen MR) is 85.5 cm³/mol. The van der Waals surface area contributed by atoms with E-state index in [0.717, 1.165) is 21.4 Å². The lowest BCUT2D eigenvalue weighted by Crippen LogP contribution is -2.19. The zero-order valence-corrected chi connectivity index (χ0v) is 12.7. The van der Waals surface area contributed by atoms with Crippen molar-refractivity contribution in [2.24, 2.45) is 0 Å². The van der Waals surface area contributed by atoms with Gasteiger partial charge in [0, 0.05) is 27.8 Å². The van der Waals surface area contributed by atoms with Gasteiger partial charge in [0.05, 0.1) is 0 Å². The second kappa shape index (κ2) is 5.69. The number of nitrogens with one attached hydrogen (secondary N) is 2. The molecule has 1 heterocycles. The highest BCUT2D eigenvalue weighted by atomic mass is 79.9. The van der Waals surface area contributed by atoms with Gasteiger partial charge in [0.2, 0.25) is 5.91 Å². The predicted octanol–water partition coefficient (Wildman–Crippen LogP) is 3.59. The second-order valence-electron chi connectivity index (χ2n) is 4.88. The SMILES string of the molecule is O=C1CCc2cc(NC(=O)c3ccc(Br)cc3)ccc2N1. The van der Waals surface area contributed by atoms with Crippen LogP contribution < -0.4 is 10.6 Å². The van der Waals surface area contributed by atoms with Crippen LogP contribution in [-0.4, -0.2) is 11.8 Å². The Labute approximate surface area is 130 Å². The Morgan fingerprint density at radius 3 is 2.62 bits per heavy atom. The minimum atomic E-state index is -0.151. The number of amides is 2. The number of rotatable bonds is 2. The summed E-state index contributed by atoms with van der Waals surface area (Å²) in [5, 5.41) is 5.69. The van der Waals surface area contributed by atoms with Gasteiger partial charge in [-0.05, 0) is 54.4 Å². The van der Waals surface area contributed by atoms with Crippen molar-refractivity contribution in [2.75, 3.05) is 10.6 Å². The molecule has 106 valence electrons. The fourth-order valence-electron chi connectivity index (χ4n) is 2.27. The summed E-state index contributed by atoms with van der Waals surface area (Å²) in [6.45, 7) is 0. The van der Waals surface area contributed by atoms with Crippen LogP contribution in [0.5, 0.6) is 0 Å². The molecule has 1 aliphatic rings. The van der Waals surface area contributed by atoms with Gasteiger partial charge in [-0.2, -0.15) is 0 Å². The van der Waals surface area contributed by atoms with E-state index in [1.54, 1.807) is 18.2 Å². The number of carbonyl (C=O) groups excluding carboxylic acids is 2. The Morgan fingerprint density at radius 2 is 1.86 bits per heavy atom. The van der Waals surface area contributed by atoms with Crippen molar-refractivity contribution in [3.63, 3.8) is 0 Å². The van der Waals surface area contributed by atoms with Crippen molar-refractivity contribution in [1.82, 2.24) is 0 Å². The van der Waals surface area contributed by atoms with Crippen molar-refractivity contribution in [1.29, 1.82) is 0 Å². The van der Waals surface area contributed by atoms with Gasteiger partial charge in [-0.15, -0.1) is 0 Å². The minimum absolute atomic E-state index is 0.0362. The van der Waals surface area contributed by atoms with Crippen LogP contribution in [0.15, 0.2) is 46.9 Å². The number of carbonyl (C=O) groups is 2. The number of aryl methyl sites for hydroxylation is 1. The van der Waals surface area contributed by atoms with Crippen molar-refractivity contribution >= 4 is 39.1 Å². The number of halogens is 1. The Bertz CT molecular complexity index is 711. The highest BCUT2D eigenvalue weighted by Gasteiger charge is 2.15. The first kappa shape index (κ1) is 13.8. The molecule has 5 heteroatoms. The third-order valence-electron chi connectivity index (χ3n) is 3.37. The zero-order chi connectivity index (χ0) is 14.8. The molecule has 0 aromatic heterocycles. The molecule has 0 atom stereocenters. The van der Waals surface area contributed by atoms with E-state index in [-0.39, 0.29) is 11.8 Å². The van der Waals surface area contributed by atoms with Gasteiger partial charge < -0.3 is 10.6 Å². The van der Waals surface area contributed by atoms with Crippen LogP contribution in [0, 0.1) is 0 Å². The molecule has 2 aromatic carbocycles. The molecule has 21 heavy (non-hydrogen) atoms. The third kappa shape index (κ3) is 3.13. The number of hydrogen-bond donors (Lipinski definition) is 2. The summed E-state index contributed by atoms with van der Waals surface area (Å²) >= 11 is 3.34. The van der Waals surface area contributed by atoms with Crippen LogP contribution in [0.3, 0.4) is 0 Å². The van der Waals surface area contributed by atoms with Crippen LogP contribution >= 0.6 is 15.9 Å². The van der Waals surface area contributed by atoms with E-state index in [0.29, 0.717) is 18.4 Å². The molecule has 0 spiro atoms. The Kier molecular flexibility index (Phi) is 3.75. The topological polar surface area (TPSA) is 58.2 Å². The van der Waals surface area contributed by atoms with E-state index >= 15 is 0 Å². The van der Waals surface area contributed by atoms with Crippen LogP contribution in [0.4, 0.5) is 11.4 Å². The van der Waals surface area contributed by atoms with Crippen molar-refractivity contribution in [3.05, 3.63) is 58.1 Å². The first-order chi connectivity index (χ1) is 10.1. The fraction of sp³-hybridized carbons (Fsp3) is 0.125. The Hall–Kier alpha value is -2.14. The lowest BCUT2D eigenvalue weighted by molar-refractivity contribution is -0.116. The van der Waals surface area contributed by atoms with E-state index in [1.165, 1.54) is 0 Å². The smallest absolute Gasteiger partial charge is 0.255 e. The molecule has 0 aliphatic carbocycles. The normalized spacial score (nSPS) is 13.3. The van der Waals surface area contributed by atoms with E-state index in [1.807, 2.05) is 24.3 Å². The summed E-state index contributed by atoms with van der Waals surface area (Å²) in [7, 11) is 0. The van der Waals surface area contributed by atoms with Gasteiger partial charge in [0.1, 0.15) is 0 Å². The van der Waals surface area contributed by atoms with Crippen LogP contribution in [0.2, 0.25) is 0 Å². The minimum Gasteiger partial charge on any atom is -0.326 e. The number of anilines is 2.